The van der Waals surface area contributed by atoms with Crippen LogP contribution in [0.5, 0.6) is 0 Å². The molecule has 1 aromatic carbocycles. The van der Waals surface area contributed by atoms with E-state index in [0.717, 1.165) is 31.6 Å². The van der Waals surface area contributed by atoms with Crippen LogP contribution in [0.4, 0.5) is 4.39 Å². The number of hydrogen-bond donors (Lipinski definition) is 2. The van der Waals surface area contributed by atoms with Crippen LogP contribution in [0.1, 0.15) is 24.8 Å². The second kappa shape index (κ2) is 6.72. The maximum atomic E-state index is 13.3. The van der Waals surface area contributed by atoms with Gasteiger partial charge in [0, 0.05) is 12.6 Å². The summed E-state index contributed by atoms with van der Waals surface area (Å²) in [5.74, 6) is -0.0925. The first-order chi connectivity index (χ1) is 8.36. The minimum absolute atomic E-state index is 0.0925. The van der Waals surface area contributed by atoms with Crippen molar-refractivity contribution in [2.24, 2.45) is 0 Å². The monoisotopic (exact) mass is 236 g/mol. The third-order valence-electron chi connectivity index (χ3n) is 3.33. The molecular formula is C14H21FN2. The standard InChI is InChI=1S/C14H21FN2/c15-14-7-2-1-5-12(14)8-10-16-11-13-6-3-4-9-17-13/h1-2,5,7,13,16-17H,3-4,6,8-11H2. The molecule has 1 aliphatic rings. The van der Waals surface area contributed by atoms with Crippen LogP contribution in [0.3, 0.4) is 0 Å². The summed E-state index contributed by atoms with van der Waals surface area (Å²) in [6, 6.07) is 7.61. The number of benzene rings is 1. The van der Waals surface area contributed by atoms with Gasteiger partial charge in [-0.1, -0.05) is 24.6 Å². The van der Waals surface area contributed by atoms with Crippen LogP contribution in [-0.2, 0) is 6.42 Å². The molecule has 0 aromatic heterocycles. The van der Waals surface area contributed by atoms with Gasteiger partial charge in [-0.15, -0.1) is 0 Å². The first-order valence-corrected chi connectivity index (χ1v) is 6.54. The fourth-order valence-electron chi connectivity index (χ4n) is 2.30. The van der Waals surface area contributed by atoms with Gasteiger partial charge in [0.25, 0.3) is 0 Å². The van der Waals surface area contributed by atoms with E-state index in [0.29, 0.717) is 6.04 Å². The number of nitrogens with one attached hydrogen (secondary N) is 2. The van der Waals surface area contributed by atoms with Gasteiger partial charge >= 0.3 is 0 Å². The fourth-order valence-corrected chi connectivity index (χ4v) is 2.30. The molecule has 0 radical (unpaired) electrons. The van der Waals surface area contributed by atoms with Crippen molar-refractivity contribution in [2.75, 3.05) is 19.6 Å². The molecule has 0 spiro atoms. The third-order valence-corrected chi connectivity index (χ3v) is 3.33. The first-order valence-electron chi connectivity index (χ1n) is 6.54. The van der Waals surface area contributed by atoms with E-state index in [2.05, 4.69) is 10.6 Å². The van der Waals surface area contributed by atoms with Crippen LogP contribution in [0.15, 0.2) is 24.3 Å². The Morgan fingerprint density at radius 1 is 1.29 bits per heavy atom. The molecule has 2 rings (SSSR count). The summed E-state index contributed by atoms with van der Waals surface area (Å²) < 4.78 is 13.3. The summed E-state index contributed by atoms with van der Waals surface area (Å²) in [7, 11) is 0. The molecule has 3 heteroatoms. The molecule has 94 valence electrons. The Labute approximate surface area is 103 Å². The Kier molecular flexibility index (Phi) is 4.95. The fraction of sp³-hybridized carbons (Fsp3) is 0.571. The quantitative estimate of drug-likeness (QED) is 0.765. The van der Waals surface area contributed by atoms with Gasteiger partial charge in [0.1, 0.15) is 5.82 Å². The van der Waals surface area contributed by atoms with Crippen molar-refractivity contribution in [1.29, 1.82) is 0 Å². The highest BCUT2D eigenvalue weighted by molar-refractivity contribution is 5.17. The lowest BCUT2D eigenvalue weighted by molar-refractivity contribution is 0.384. The van der Waals surface area contributed by atoms with Crippen LogP contribution >= 0.6 is 0 Å². The molecular weight excluding hydrogens is 215 g/mol. The van der Waals surface area contributed by atoms with E-state index in [1.54, 1.807) is 6.07 Å². The van der Waals surface area contributed by atoms with Crippen LogP contribution in [0.25, 0.3) is 0 Å². The Morgan fingerprint density at radius 3 is 2.94 bits per heavy atom. The van der Waals surface area contributed by atoms with Crippen molar-refractivity contribution in [2.45, 2.75) is 31.7 Å². The second-order valence-corrected chi connectivity index (χ2v) is 4.69. The van der Waals surface area contributed by atoms with Gasteiger partial charge in [0.2, 0.25) is 0 Å². The molecule has 0 aliphatic carbocycles. The van der Waals surface area contributed by atoms with E-state index in [1.807, 2.05) is 12.1 Å². The summed E-state index contributed by atoms with van der Waals surface area (Å²) in [6.07, 6.45) is 4.64. The van der Waals surface area contributed by atoms with Crippen LogP contribution in [0, 0.1) is 5.82 Å². The zero-order chi connectivity index (χ0) is 11.9. The number of halogens is 1. The number of rotatable bonds is 5. The van der Waals surface area contributed by atoms with E-state index in [1.165, 1.54) is 25.3 Å². The second-order valence-electron chi connectivity index (χ2n) is 4.69. The Bertz CT molecular complexity index is 335. The molecule has 1 aliphatic heterocycles. The van der Waals surface area contributed by atoms with Crippen molar-refractivity contribution in [3.05, 3.63) is 35.6 Å². The topological polar surface area (TPSA) is 24.1 Å². The minimum Gasteiger partial charge on any atom is -0.315 e. The maximum Gasteiger partial charge on any atom is 0.126 e. The summed E-state index contributed by atoms with van der Waals surface area (Å²) in [5.41, 5.74) is 0.802. The predicted molar refractivity (Wildman–Crippen MR) is 68.6 cm³/mol. The van der Waals surface area contributed by atoms with E-state index < -0.39 is 0 Å². The molecule has 17 heavy (non-hydrogen) atoms. The molecule has 2 N–H and O–H groups in total. The smallest absolute Gasteiger partial charge is 0.126 e. The highest BCUT2D eigenvalue weighted by atomic mass is 19.1. The summed E-state index contributed by atoms with van der Waals surface area (Å²) in [4.78, 5) is 0. The molecule has 1 fully saturated rings. The van der Waals surface area contributed by atoms with Gasteiger partial charge in [-0.3, -0.25) is 0 Å². The first kappa shape index (κ1) is 12.5. The van der Waals surface area contributed by atoms with Gasteiger partial charge in [0.05, 0.1) is 0 Å². The molecule has 1 heterocycles. The largest absolute Gasteiger partial charge is 0.315 e. The van der Waals surface area contributed by atoms with Crippen molar-refractivity contribution in [3.8, 4) is 0 Å². The zero-order valence-corrected chi connectivity index (χ0v) is 10.2. The van der Waals surface area contributed by atoms with Gasteiger partial charge < -0.3 is 10.6 Å². The van der Waals surface area contributed by atoms with Crippen molar-refractivity contribution < 1.29 is 4.39 Å². The van der Waals surface area contributed by atoms with Crippen molar-refractivity contribution in [3.63, 3.8) is 0 Å². The average Bonchev–Trinajstić information content (AvgIpc) is 2.38. The average molecular weight is 236 g/mol. The predicted octanol–water partition coefficient (Wildman–Crippen LogP) is 2.10. The van der Waals surface area contributed by atoms with Crippen LogP contribution in [-0.4, -0.2) is 25.7 Å². The van der Waals surface area contributed by atoms with Gasteiger partial charge in [-0.05, 0) is 44.0 Å². The lowest BCUT2D eigenvalue weighted by atomic mass is 10.1. The lowest BCUT2D eigenvalue weighted by Gasteiger charge is -2.23. The lowest BCUT2D eigenvalue weighted by Crippen LogP contribution is -2.42. The molecule has 1 atom stereocenters. The molecule has 1 unspecified atom stereocenters. The minimum atomic E-state index is -0.0925. The molecule has 2 nitrogen and oxygen atoms in total. The van der Waals surface area contributed by atoms with Gasteiger partial charge in [-0.2, -0.15) is 0 Å². The summed E-state index contributed by atoms with van der Waals surface area (Å²) in [6.45, 7) is 2.98. The van der Waals surface area contributed by atoms with Crippen LogP contribution < -0.4 is 10.6 Å². The number of piperidine rings is 1. The SMILES string of the molecule is Fc1ccccc1CCNCC1CCCCN1. The van der Waals surface area contributed by atoms with Gasteiger partial charge in [-0.25, -0.2) is 4.39 Å². The van der Waals surface area contributed by atoms with Crippen molar-refractivity contribution in [1.82, 2.24) is 10.6 Å². The van der Waals surface area contributed by atoms with E-state index in [-0.39, 0.29) is 5.82 Å². The van der Waals surface area contributed by atoms with Crippen LogP contribution in [0.2, 0.25) is 0 Å². The molecule has 0 amide bonds. The maximum absolute atomic E-state index is 13.3. The number of hydrogen-bond acceptors (Lipinski definition) is 2. The summed E-state index contributed by atoms with van der Waals surface area (Å²) >= 11 is 0. The summed E-state index contributed by atoms with van der Waals surface area (Å²) in [5, 5.41) is 6.89. The van der Waals surface area contributed by atoms with Crippen molar-refractivity contribution >= 4 is 0 Å². The highest BCUT2D eigenvalue weighted by Crippen LogP contribution is 2.07. The van der Waals surface area contributed by atoms with E-state index in [9.17, 15) is 4.39 Å². The Balaban J connectivity index is 1.64. The highest BCUT2D eigenvalue weighted by Gasteiger charge is 2.11. The molecule has 1 aromatic rings. The molecule has 0 bridgehead atoms. The normalized spacial score (nSPS) is 20.4. The Hall–Kier alpha value is -0.930. The van der Waals surface area contributed by atoms with E-state index in [4.69, 9.17) is 0 Å². The zero-order valence-electron chi connectivity index (χ0n) is 10.2. The molecule has 1 saturated heterocycles. The van der Waals surface area contributed by atoms with E-state index >= 15 is 0 Å². The Morgan fingerprint density at radius 2 is 2.18 bits per heavy atom. The molecule has 0 saturated carbocycles. The van der Waals surface area contributed by atoms with Gasteiger partial charge in [0.15, 0.2) is 0 Å². The third kappa shape index (κ3) is 4.10.